The zero-order valence-electron chi connectivity index (χ0n) is 17.6. The van der Waals surface area contributed by atoms with E-state index in [1.807, 2.05) is 13.8 Å². The van der Waals surface area contributed by atoms with Crippen LogP contribution >= 0.6 is 0 Å². The van der Waals surface area contributed by atoms with Crippen molar-refractivity contribution in [1.29, 1.82) is 0 Å². The van der Waals surface area contributed by atoms with E-state index in [0.29, 0.717) is 30.9 Å². The van der Waals surface area contributed by atoms with Crippen molar-refractivity contribution in [2.75, 3.05) is 32.8 Å². The average molecular weight is 418 g/mol. The summed E-state index contributed by atoms with van der Waals surface area (Å²) in [6, 6.07) is 6.95. The van der Waals surface area contributed by atoms with Crippen LogP contribution in [-0.4, -0.2) is 67.8 Å². The van der Waals surface area contributed by atoms with E-state index >= 15 is 0 Å². The minimum absolute atomic E-state index is 0.0142. The Morgan fingerprint density at radius 1 is 1.20 bits per heavy atom. The van der Waals surface area contributed by atoms with Crippen molar-refractivity contribution in [3.8, 4) is 5.75 Å². The van der Waals surface area contributed by atoms with Gasteiger partial charge in [0.25, 0.3) is 5.91 Å². The summed E-state index contributed by atoms with van der Waals surface area (Å²) in [4.78, 5) is 37.3. The lowest BCUT2D eigenvalue weighted by Gasteiger charge is -2.15. The lowest BCUT2D eigenvalue weighted by Crippen LogP contribution is -2.38. The number of carbonyl (C=O) groups excluding carboxylic acids is 3. The Morgan fingerprint density at radius 3 is 2.70 bits per heavy atom. The summed E-state index contributed by atoms with van der Waals surface area (Å²) in [5, 5.41) is 6.29. The van der Waals surface area contributed by atoms with Crippen molar-refractivity contribution < 1.29 is 23.9 Å². The quantitative estimate of drug-likeness (QED) is 0.256. The Hall–Kier alpha value is -2.94. The van der Waals surface area contributed by atoms with Crippen LogP contribution in [0.1, 0.15) is 38.7 Å². The molecule has 0 spiro atoms. The molecule has 0 aliphatic carbocycles. The predicted octanol–water partition coefficient (Wildman–Crippen LogP) is 1.07. The van der Waals surface area contributed by atoms with Gasteiger partial charge in [-0.25, -0.2) is 5.43 Å². The molecule has 1 heterocycles. The predicted molar refractivity (Wildman–Crippen MR) is 112 cm³/mol. The Bertz CT molecular complexity index is 745. The number of hydrogen-bond donors (Lipinski definition) is 2. The molecular formula is C21H30N4O5. The van der Waals surface area contributed by atoms with Crippen LogP contribution in [0.3, 0.4) is 0 Å². The molecule has 2 rings (SSSR count). The summed E-state index contributed by atoms with van der Waals surface area (Å²) in [5.74, 6) is -1.10. The molecule has 0 unspecified atom stereocenters. The average Bonchev–Trinajstić information content (AvgIpc) is 3.26. The van der Waals surface area contributed by atoms with Crippen molar-refractivity contribution in [3.05, 3.63) is 29.8 Å². The number of ether oxygens (including phenoxy) is 2. The second-order valence-electron chi connectivity index (χ2n) is 7.18. The van der Waals surface area contributed by atoms with Crippen LogP contribution in [0.4, 0.5) is 0 Å². The van der Waals surface area contributed by atoms with E-state index in [9.17, 15) is 14.4 Å². The van der Waals surface area contributed by atoms with Crippen LogP contribution in [0, 0.1) is 0 Å². The maximum Gasteiger partial charge on any atom is 0.329 e. The monoisotopic (exact) mass is 418 g/mol. The number of nitrogens with zero attached hydrogens (tertiary/aromatic N) is 2. The second-order valence-corrected chi connectivity index (χ2v) is 7.18. The standard InChI is InChI=1S/C21H30N4O5/c1-16(2)29-12-6-9-22-20(27)21(28)24-23-14-17-7-5-8-18(13-17)30-15-19(26)25-10-3-4-11-25/h5,7-8,13-14,16H,3-4,6,9-12,15H2,1-2H3,(H,22,27)(H,24,28)/b23-14-. The molecule has 1 saturated heterocycles. The third-order valence-electron chi connectivity index (χ3n) is 4.32. The lowest BCUT2D eigenvalue weighted by molar-refractivity contribution is -0.139. The fraction of sp³-hybridized carbons (Fsp3) is 0.524. The first-order valence-corrected chi connectivity index (χ1v) is 10.2. The summed E-state index contributed by atoms with van der Waals surface area (Å²) in [6.45, 7) is 6.28. The molecule has 2 N–H and O–H groups in total. The molecule has 3 amide bonds. The maximum absolute atomic E-state index is 12.0. The lowest BCUT2D eigenvalue weighted by atomic mass is 10.2. The van der Waals surface area contributed by atoms with Gasteiger partial charge in [0.15, 0.2) is 6.61 Å². The number of benzene rings is 1. The smallest absolute Gasteiger partial charge is 0.329 e. The van der Waals surface area contributed by atoms with Gasteiger partial charge in [-0.1, -0.05) is 12.1 Å². The zero-order valence-corrected chi connectivity index (χ0v) is 17.6. The first-order valence-electron chi connectivity index (χ1n) is 10.2. The van der Waals surface area contributed by atoms with Gasteiger partial charge in [0, 0.05) is 26.2 Å². The van der Waals surface area contributed by atoms with Gasteiger partial charge < -0.3 is 19.7 Å². The van der Waals surface area contributed by atoms with Gasteiger partial charge in [0.2, 0.25) is 0 Å². The van der Waals surface area contributed by atoms with E-state index in [0.717, 1.165) is 25.9 Å². The van der Waals surface area contributed by atoms with Crippen LogP contribution in [-0.2, 0) is 19.1 Å². The molecule has 30 heavy (non-hydrogen) atoms. The molecule has 9 nitrogen and oxygen atoms in total. The van der Waals surface area contributed by atoms with Crippen LogP contribution in [0.5, 0.6) is 5.75 Å². The number of rotatable bonds is 10. The van der Waals surface area contributed by atoms with Crippen molar-refractivity contribution >= 4 is 23.9 Å². The Morgan fingerprint density at radius 2 is 1.97 bits per heavy atom. The highest BCUT2D eigenvalue weighted by molar-refractivity contribution is 6.35. The summed E-state index contributed by atoms with van der Waals surface area (Å²) in [7, 11) is 0. The van der Waals surface area contributed by atoms with Crippen molar-refractivity contribution in [2.24, 2.45) is 5.10 Å². The number of likely N-dealkylation sites (tertiary alicyclic amines) is 1. The van der Waals surface area contributed by atoms with E-state index in [2.05, 4.69) is 15.8 Å². The van der Waals surface area contributed by atoms with Gasteiger partial charge in [-0.05, 0) is 50.8 Å². The molecule has 1 aromatic carbocycles. The van der Waals surface area contributed by atoms with Gasteiger partial charge in [-0.3, -0.25) is 14.4 Å². The molecule has 9 heteroatoms. The Labute approximate surface area is 176 Å². The van der Waals surface area contributed by atoms with E-state index < -0.39 is 11.8 Å². The van der Waals surface area contributed by atoms with Crippen molar-refractivity contribution in [2.45, 2.75) is 39.2 Å². The fourth-order valence-corrected chi connectivity index (χ4v) is 2.78. The summed E-state index contributed by atoms with van der Waals surface area (Å²) < 4.78 is 10.9. The Kier molecular flexibility index (Phi) is 9.79. The molecular weight excluding hydrogens is 388 g/mol. The number of hydrazone groups is 1. The molecule has 0 aromatic heterocycles. The van der Waals surface area contributed by atoms with Crippen LogP contribution < -0.4 is 15.5 Å². The van der Waals surface area contributed by atoms with Crippen molar-refractivity contribution in [3.63, 3.8) is 0 Å². The van der Waals surface area contributed by atoms with Crippen LogP contribution in [0.2, 0.25) is 0 Å². The summed E-state index contributed by atoms with van der Waals surface area (Å²) in [5.41, 5.74) is 2.84. The SMILES string of the molecule is CC(C)OCCCNC(=O)C(=O)N/N=C\c1cccc(OCC(=O)N2CCCC2)c1. The second kappa shape index (κ2) is 12.6. The molecule has 0 radical (unpaired) electrons. The van der Waals surface area contributed by atoms with Crippen molar-refractivity contribution in [1.82, 2.24) is 15.6 Å². The number of carbonyl (C=O) groups is 3. The molecule has 0 atom stereocenters. The normalized spacial score (nSPS) is 13.6. The third-order valence-corrected chi connectivity index (χ3v) is 4.32. The summed E-state index contributed by atoms with van der Waals surface area (Å²) >= 11 is 0. The molecule has 1 fully saturated rings. The van der Waals surface area contributed by atoms with Gasteiger partial charge >= 0.3 is 11.8 Å². The molecule has 0 bridgehead atoms. The topological polar surface area (TPSA) is 109 Å². The maximum atomic E-state index is 12.0. The highest BCUT2D eigenvalue weighted by Gasteiger charge is 2.18. The van der Waals surface area contributed by atoms with Gasteiger partial charge in [-0.15, -0.1) is 0 Å². The minimum atomic E-state index is -0.848. The third kappa shape index (κ3) is 8.60. The van der Waals surface area contributed by atoms with E-state index in [-0.39, 0.29) is 18.6 Å². The van der Waals surface area contributed by atoms with Gasteiger partial charge in [-0.2, -0.15) is 5.10 Å². The molecule has 1 aliphatic rings. The van der Waals surface area contributed by atoms with Crippen LogP contribution in [0.25, 0.3) is 0 Å². The fourth-order valence-electron chi connectivity index (χ4n) is 2.78. The highest BCUT2D eigenvalue weighted by Crippen LogP contribution is 2.13. The number of amides is 3. The highest BCUT2D eigenvalue weighted by atomic mass is 16.5. The first kappa shape index (κ1) is 23.3. The number of nitrogens with one attached hydrogen (secondary N) is 2. The Balaban J connectivity index is 1.71. The first-order chi connectivity index (χ1) is 14.5. The number of hydrogen-bond acceptors (Lipinski definition) is 6. The van der Waals surface area contributed by atoms with Gasteiger partial charge in [0.1, 0.15) is 5.75 Å². The largest absolute Gasteiger partial charge is 0.484 e. The zero-order chi connectivity index (χ0) is 21.8. The molecule has 0 saturated carbocycles. The van der Waals surface area contributed by atoms with Gasteiger partial charge in [0.05, 0.1) is 12.3 Å². The molecule has 164 valence electrons. The van der Waals surface area contributed by atoms with E-state index in [1.54, 1.807) is 29.2 Å². The van der Waals surface area contributed by atoms with E-state index in [4.69, 9.17) is 9.47 Å². The van der Waals surface area contributed by atoms with E-state index in [1.165, 1.54) is 6.21 Å². The summed E-state index contributed by atoms with van der Waals surface area (Å²) in [6.07, 6.45) is 4.22. The molecule has 1 aromatic rings. The molecule has 1 aliphatic heterocycles. The minimum Gasteiger partial charge on any atom is -0.484 e. The van der Waals surface area contributed by atoms with Crippen LogP contribution in [0.15, 0.2) is 29.4 Å².